The van der Waals surface area contributed by atoms with Gasteiger partial charge in [0.15, 0.2) is 0 Å². The maximum Gasteiger partial charge on any atom is 0.303 e. The summed E-state index contributed by atoms with van der Waals surface area (Å²) in [7, 11) is 1.95. The largest absolute Gasteiger partial charge is 0.459 e. The van der Waals surface area contributed by atoms with Crippen molar-refractivity contribution in [3.63, 3.8) is 0 Å². The molecule has 3 fully saturated rings. The van der Waals surface area contributed by atoms with E-state index in [0.717, 1.165) is 63.7 Å². The number of allylic oxidation sites excluding steroid dienone is 2. The van der Waals surface area contributed by atoms with Crippen LogP contribution in [0.4, 0.5) is 0 Å². The van der Waals surface area contributed by atoms with E-state index in [1.807, 2.05) is 14.0 Å². The quantitative estimate of drug-likeness (QED) is 0.0856. The summed E-state index contributed by atoms with van der Waals surface area (Å²) in [5.41, 5.74) is 1.02. The molecule has 3 aliphatic rings. The lowest BCUT2D eigenvalue weighted by Crippen LogP contribution is -2.50. The topological polar surface area (TPSA) is 115 Å². The number of rotatable bonds is 16. The van der Waals surface area contributed by atoms with E-state index < -0.39 is 6.10 Å². The molecule has 8 atom stereocenters. The van der Waals surface area contributed by atoms with E-state index in [-0.39, 0.29) is 59.6 Å². The number of epoxide rings is 1. The highest BCUT2D eigenvalue weighted by atomic mass is 16.6. The Hall–Kier alpha value is -2.33. The van der Waals surface area contributed by atoms with Crippen LogP contribution in [0.5, 0.6) is 0 Å². The summed E-state index contributed by atoms with van der Waals surface area (Å²) in [6.45, 7) is 11.0. The molecule has 2 N–H and O–H groups in total. The van der Waals surface area contributed by atoms with Gasteiger partial charge in [-0.1, -0.05) is 37.1 Å². The fourth-order valence-electron chi connectivity index (χ4n) is 6.03. The highest BCUT2D eigenvalue weighted by Crippen LogP contribution is 2.43. The molecule has 0 bridgehead atoms. The number of carbonyl (C=O) groups excluding carboxylic acids is 3. The second kappa shape index (κ2) is 17.2. The van der Waals surface area contributed by atoms with E-state index in [4.69, 9.17) is 18.9 Å². The molecular formula is C34H54N2O7. The van der Waals surface area contributed by atoms with Crippen molar-refractivity contribution in [3.8, 4) is 0 Å². The maximum atomic E-state index is 12.6. The number of unbranched alkanes of at least 4 members (excludes halogenated alkanes) is 2. The van der Waals surface area contributed by atoms with Gasteiger partial charge in [0.25, 0.3) is 0 Å². The average molecular weight is 603 g/mol. The van der Waals surface area contributed by atoms with Crippen molar-refractivity contribution < 1.29 is 33.3 Å². The Labute approximate surface area is 258 Å². The third-order valence-corrected chi connectivity index (χ3v) is 8.59. The van der Waals surface area contributed by atoms with Crippen LogP contribution in [-0.2, 0) is 33.3 Å². The molecule has 0 saturated carbocycles. The van der Waals surface area contributed by atoms with Crippen LogP contribution in [0, 0.1) is 5.92 Å². The first-order valence-corrected chi connectivity index (χ1v) is 16.1. The minimum atomic E-state index is -0.456. The second-order valence-electron chi connectivity index (χ2n) is 12.8. The lowest BCUT2D eigenvalue weighted by molar-refractivity contribution is -0.143. The zero-order chi connectivity index (χ0) is 31.4. The number of ether oxygens (including phenoxy) is 4. The standard InChI is InChI=1S/C34H54N2O7/c1-23(11-14-29-20-34(22-40-34)21-30(43-29)19-28(38)10-8-7-9-17-35-6)12-15-32-24(2)18-31(26(4)42-32)36-33(39)16-13-25(3)41-27(5)37/h11-14,16,24-26,29-32,35H,7-10,15,17-22H2,1-6H3,(H,36,39)/b14-11+,16-13-,23-12+/t24-,25-,26+,29+,30+,31+,32-,34+/m0/s1. The van der Waals surface area contributed by atoms with Crippen molar-refractivity contribution in [2.75, 3.05) is 20.2 Å². The summed E-state index contributed by atoms with van der Waals surface area (Å²) in [4.78, 5) is 36.0. The van der Waals surface area contributed by atoms with Crippen LogP contribution in [-0.4, -0.2) is 80.0 Å². The van der Waals surface area contributed by atoms with Crippen molar-refractivity contribution >= 4 is 17.7 Å². The fraction of sp³-hybridized carbons (Fsp3) is 0.735. The summed E-state index contributed by atoms with van der Waals surface area (Å²) in [5.74, 6) is -0.0439. The van der Waals surface area contributed by atoms with Crippen molar-refractivity contribution in [2.24, 2.45) is 5.92 Å². The maximum absolute atomic E-state index is 12.6. The van der Waals surface area contributed by atoms with Crippen LogP contribution in [0.25, 0.3) is 0 Å². The monoisotopic (exact) mass is 602 g/mol. The first-order valence-electron chi connectivity index (χ1n) is 16.1. The van der Waals surface area contributed by atoms with Gasteiger partial charge in [-0.05, 0) is 72.0 Å². The van der Waals surface area contributed by atoms with Gasteiger partial charge in [-0.3, -0.25) is 14.4 Å². The van der Waals surface area contributed by atoms with Gasteiger partial charge in [-0.15, -0.1) is 0 Å². The molecule has 0 aromatic rings. The Morgan fingerprint density at radius 3 is 2.53 bits per heavy atom. The van der Waals surface area contributed by atoms with E-state index in [1.54, 1.807) is 13.0 Å². The van der Waals surface area contributed by atoms with Crippen molar-refractivity contribution in [3.05, 3.63) is 36.0 Å². The van der Waals surface area contributed by atoms with Gasteiger partial charge in [-0.2, -0.15) is 0 Å². The van der Waals surface area contributed by atoms with E-state index in [1.165, 1.54) is 13.0 Å². The minimum absolute atomic E-state index is 0.0617. The lowest BCUT2D eigenvalue weighted by Gasteiger charge is -2.39. The first-order chi connectivity index (χ1) is 20.5. The van der Waals surface area contributed by atoms with Gasteiger partial charge in [0.2, 0.25) is 5.91 Å². The third kappa shape index (κ3) is 12.7. The molecule has 9 nitrogen and oxygen atoms in total. The number of hydrogen-bond donors (Lipinski definition) is 2. The normalized spacial score (nSPS) is 31.8. The molecule has 0 aromatic carbocycles. The molecule has 1 amide bonds. The molecule has 3 saturated heterocycles. The third-order valence-electron chi connectivity index (χ3n) is 8.59. The summed E-state index contributed by atoms with van der Waals surface area (Å²) >= 11 is 0. The van der Waals surface area contributed by atoms with Crippen LogP contribution >= 0.6 is 0 Å². The lowest BCUT2D eigenvalue weighted by atomic mass is 9.88. The average Bonchev–Trinajstić information content (AvgIpc) is 3.68. The van der Waals surface area contributed by atoms with Crippen molar-refractivity contribution in [1.29, 1.82) is 0 Å². The molecule has 3 rings (SSSR count). The smallest absolute Gasteiger partial charge is 0.303 e. The zero-order valence-corrected chi connectivity index (χ0v) is 27.1. The number of ketones is 1. The van der Waals surface area contributed by atoms with Gasteiger partial charge < -0.3 is 29.6 Å². The van der Waals surface area contributed by atoms with Gasteiger partial charge in [0, 0.05) is 38.7 Å². The molecule has 242 valence electrons. The first kappa shape index (κ1) is 35.2. The van der Waals surface area contributed by atoms with E-state index in [0.29, 0.717) is 12.8 Å². The SMILES string of the molecule is CNCCCCCC(=O)C[C@@H]1C[C@@]2(CO2)C[C@@H](/C=C/C(C)=C/C[C@@H]2O[C@H](C)[C@H](NC(=O)/C=C\[C@H](C)OC(C)=O)C[C@@H]2C)O1. The Kier molecular flexibility index (Phi) is 14.1. The molecule has 0 unspecified atom stereocenters. The minimum Gasteiger partial charge on any atom is -0.459 e. The fourth-order valence-corrected chi connectivity index (χ4v) is 6.03. The number of Topliss-reactive ketones (excluding diaryl/α,β-unsaturated/α-hetero) is 1. The Balaban J connectivity index is 1.43. The van der Waals surface area contributed by atoms with Crippen LogP contribution in [0.15, 0.2) is 36.0 Å². The number of amides is 1. The molecule has 0 aliphatic carbocycles. The number of nitrogens with one attached hydrogen (secondary N) is 2. The molecule has 43 heavy (non-hydrogen) atoms. The summed E-state index contributed by atoms with van der Waals surface area (Å²) in [6, 6.07) is -0.0870. The molecule has 1 spiro atoms. The Morgan fingerprint density at radius 1 is 1.07 bits per heavy atom. The zero-order valence-electron chi connectivity index (χ0n) is 27.1. The molecular weight excluding hydrogens is 548 g/mol. The molecule has 3 heterocycles. The van der Waals surface area contributed by atoms with E-state index in [2.05, 4.69) is 42.7 Å². The van der Waals surface area contributed by atoms with Crippen LogP contribution in [0.1, 0.15) is 92.4 Å². The van der Waals surface area contributed by atoms with E-state index >= 15 is 0 Å². The van der Waals surface area contributed by atoms with E-state index in [9.17, 15) is 14.4 Å². The number of esters is 1. The summed E-state index contributed by atoms with van der Waals surface area (Å²) in [5, 5.41) is 6.18. The molecule has 9 heteroatoms. The molecule has 3 aliphatic heterocycles. The van der Waals surface area contributed by atoms with Gasteiger partial charge in [-0.25, -0.2) is 0 Å². The van der Waals surface area contributed by atoms with Gasteiger partial charge in [0.1, 0.15) is 11.9 Å². The number of hydrogen-bond acceptors (Lipinski definition) is 8. The van der Waals surface area contributed by atoms with Crippen molar-refractivity contribution in [1.82, 2.24) is 10.6 Å². The van der Waals surface area contributed by atoms with Crippen molar-refractivity contribution in [2.45, 2.75) is 135 Å². The predicted molar refractivity (Wildman–Crippen MR) is 167 cm³/mol. The highest BCUT2D eigenvalue weighted by molar-refractivity contribution is 5.87. The Morgan fingerprint density at radius 2 is 1.84 bits per heavy atom. The summed E-state index contributed by atoms with van der Waals surface area (Å²) in [6.07, 6.45) is 16.2. The molecule has 0 aromatic heterocycles. The van der Waals surface area contributed by atoms with Crippen LogP contribution in [0.3, 0.4) is 0 Å². The van der Waals surface area contributed by atoms with Crippen LogP contribution in [0.2, 0.25) is 0 Å². The summed E-state index contributed by atoms with van der Waals surface area (Å²) < 4.78 is 23.5. The van der Waals surface area contributed by atoms with Crippen LogP contribution < -0.4 is 10.6 Å². The molecule has 0 radical (unpaired) electrons. The predicted octanol–water partition coefficient (Wildman–Crippen LogP) is 4.74. The number of carbonyl (C=O) groups is 3. The second-order valence-corrected chi connectivity index (χ2v) is 12.8. The van der Waals surface area contributed by atoms with Gasteiger partial charge >= 0.3 is 5.97 Å². The van der Waals surface area contributed by atoms with Gasteiger partial charge in [0.05, 0.1) is 42.7 Å². The Bertz CT molecular complexity index is 1020. The highest BCUT2D eigenvalue weighted by Gasteiger charge is 2.51.